The molecule has 0 radical (unpaired) electrons. The summed E-state index contributed by atoms with van der Waals surface area (Å²) in [5.41, 5.74) is 12.0. The van der Waals surface area contributed by atoms with E-state index in [1.807, 2.05) is 13.8 Å². The lowest BCUT2D eigenvalue weighted by molar-refractivity contribution is -0.142. The van der Waals surface area contributed by atoms with Crippen molar-refractivity contribution >= 4 is 89.0 Å². The molecule has 1 saturated heterocycles. The van der Waals surface area contributed by atoms with E-state index >= 15 is 0 Å². The molecule has 2 aromatic carbocycles. The van der Waals surface area contributed by atoms with Crippen molar-refractivity contribution in [1.82, 2.24) is 53.2 Å². The molecule has 11 amide bonds. The van der Waals surface area contributed by atoms with Crippen LogP contribution in [0.2, 0.25) is 0 Å². The quantitative estimate of drug-likeness (QED) is 0.0297. The van der Waals surface area contributed by atoms with Crippen LogP contribution >= 0.6 is 11.8 Å². The molecule has 29 heteroatoms. The predicted octanol–water partition coefficient (Wildman–Crippen LogP) is -3.06. The number of aliphatic hydroxyl groups excluding tert-OH is 1. The molecule has 0 saturated carbocycles. The number of thioether (sulfide) groups is 1. The number of phenolic OH excluding ortho intramolecular Hbond substituents is 1. The maximum absolute atomic E-state index is 14.5. The summed E-state index contributed by atoms with van der Waals surface area (Å²) in [6.07, 6.45) is 0.741. The molecule has 468 valence electrons. The number of hydrogen-bond donors (Lipinski definition) is 15. The first-order valence-corrected chi connectivity index (χ1v) is 29.3. The molecular formula is C56H82N12O16S. The van der Waals surface area contributed by atoms with Gasteiger partial charge in [0.2, 0.25) is 65.0 Å². The second-order valence-corrected chi connectivity index (χ2v) is 22.1. The van der Waals surface area contributed by atoms with Crippen molar-refractivity contribution in [2.24, 2.45) is 23.3 Å². The Bertz CT molecular complexity index is 2630. The Morgan fingerprint density at radius 1 is 0.624 bits per heavy atom. The number of benzene rings is 2. The zero-order valence-electron chi connectivity index (χ0n) is 48.3. The van der Waals surface area contributed by atoms with E-state index < -0.39 is 170 Å². The van der Waals surface area contributed by atoms with Crippen LogP contribution in [-0.4, -0.2) is 178 Å². The van der Waals surface area contributed by atoms with Crippen LogP contribution in [0.15, 0.2) is 54.6 Å². The number of aldehydes is 1. The largest absolute Gasteiger partial charge is 0.508 e. The van der Waals surface area contributed by atoms with Crippen LogP contribution in [-0.2, 0) is 75.2 Å². The molecule has 0 aromatic heterocycles. The highest BCUT2D eigenvalue weighted by molar-refractivity contribution is 7.98. The van der Waals surface area contributed by atoms with Crippen molar-refractivity contribution in [3.8, 4) is 5.75 Å². The van der Waals surface area contributed by atoms with Gasteiger partial charge in [0.05, 0.1) is 31.5 Å². The Morgan fingerprint density at radius 3 is 1.65 bits per heavy atom. The van der Waals surface area contributed by atoms with Crippen LogP contribution in [0.5, 0.6) is 5.75 Å². The van der Waals surface area contributed by atoms with Crippen molar-refractivity contribution in [2.75, 3.05) is 25.2 Å². The van der Waals surface area contributed by atoms with E-state index in [1.165, 1.54) is 36.0 Å². The SMILES string of the molecule is CC[C@H](C)[C@H](NC(=O)[C@H](Cc1ccccc1)NC(=O)[C@H](CC(N)=O)NC(=O)[C@H](Cc1ccc(O)cc1)NC(=O)[C@@H]1CCCN1)C(=O)N[C@@H](CCC(N)=O)C(=O)N[C@@H](CC(=O)O)C(=O)N[C@@H](CO)C(=O)N[C@@H](CCSC)C(=O)N[C@H](C=O)CC(C)C. The normalized spacial score (nSPS) is 16.3. The predicted molar refractivity (Wildman–Crippen MR) is 310 cm³/mol. The number of carbonyl (C=O) groups excluding carboxylic acids is 12. The lowest BCUT2D eigenvalue weighted by Crippen LogP contribution is -2.62. The molecule has 0 spiro atoms. The fourth-order valence-electron chi connectivity index (χ4n) is 8.88. The van der Waals surface area contributed by atoms with Gasteiger partial charge in [-0.15, -0.1) is 0 Å². The molecule has 17 N–H and O–H groups in total. The highest BCUT2D eigenvalue weighted by Crippen LogP contribution is 2.16. The average Bonchev–Trinajstić information content (AvgIpc) is 4.07. The monoisotopic (exact) mass is 1210 g/mol. The minimum absolute atomic E-state index is 0.0235. The van der Waals surface area contributed by atoms with Crippen molar-refractivity contribution in [3.05, 3.63) is 65.7 Å². The van der Waals surface area contributed by atoms with Crippen LogP contribution in [0.25, 0.3) is 0 Å². The van der Waals surface area contributed by atoms with Gasteiger partial charge in [0.1, 0.15) is 60.4 Å². The summed E-state index contributed by atoms with van der Waals surface area (Å²) in [5, 5.41) is 55.1. The van der Waals surface area contributed by atoms with E-state index in [0.29, 0.717) is 49.0 Å². The zero-order valence-corrected chi connectivity index (χ0v) is 49.1. The Morgan fingerprint density at radius 2 is 1.12 bits per heavy atom. The van der Waals surface area contributed by atoms with Gasteiger partial charge in [-0.3, -0.25) is 57.5 Å². The second-order valence-electron chi connectivity index (χ2n) is 21.1. The van der Waals surface area contributed by atoms with E-state index in [1.54, 1.807) is 50.4 Å². The van der Waals surface area contributed by atoms with Gasteiger partial charge in [-0.2, -0.15) is 11.8 Å². The Labute approximate surface area is 496 Å². The molecule has 11 atom stereocenters. The van der Waals surface area contributed by atoms with Gasteiger partial charge in [-0.1, -0.05) is 76.6 Å². The van der Waals surface area contributed by atoms with Crippen molar-refractivity contribution in [2.45, 2.75) is 159 Å². The number of rotatable bonds is 38. The fourth-order valence-corrected chi connectivity index (χ4v) is 9.36. The van der Waals surface area contributed by atoms with Gasteiger partial charge >= 0.3 is 5.97 Å². The van der Waals surface area contributed by atoms with Crippen LogP contribution < -0.4 is 64.6 Å². The second kappa shape index (κ2) is 36.5. The van der Waals surface area contributed by atoms with Gasteiger partial charge in [0, 0.05) is 19.3 Å². The molecule has 1 aliphatic heterocycles. The van der Waals surface area contributed by atoms with E-state index in [0.717, 1.165) is 0 Å². The van der Waals surface area contributed by atoms with Crippen LogP contribution in [0.4, 0.5) is 0 Å². The number of aromatic hydroxyl groups is 1. The van der Waals surface area contributed by atoms with Crippen LogP contribution in [0.3, 0.4) is 0 Å². The minimum atomic E-state index is -2.01. The van der Waals surface area contributed by atoms with E-state index in [-0.39, 0.29) is 37.4 Å². The number of carboxylic acid groups (broad SMARTS) is 1. The molecule has 0 unspecified atom stereocenters. The van der Waals surface area contributed by atoms with Gasteiger partial charge < -0.3 is 84.7 Å². The first-order chi connectivity index (χ1) is 40.3. The Hall–Kier alpha value is -8.18. The summed E-state index contributed by atoms with van der Waals surface area (Å²) in [6.45, 7) is 6.40. The van der Waals surface area contributed by atoms with Gasteiger partial charge in [0.15, 0.2) is 0 Å². The van der Waals surface area contributed by atoms with Crippen molar-refractivity contribution in [1.29, 1.82) is 0 Å². The van der Waals surface area contributed by atoms with Crippen molar-refractivity contribution < 1.29 is 77.6 Å². The topological polar surface area (TPSA) is 455 Å². The highest BCUT2D eigenvalue weighted by atomic mass is 32.2. The third kappa shape index (κ3) is 25.3. The third-order valence-electron chi connectivity index (χ3n) is 13.7. The molecule has 2 aromatic rings. The Kier molecular flexibility index (Phi) is 30.5. The number of nitrogens with two attached hydrogens (primary N) is 2. The van der Waals surface area contributed by atoms with E-state index in [4.69, 9.17) is 11.5 Å². The first-order valence-electron chi connectivity index (χ1n) is 27.9. The molecule has 3 rings (SSSR count). The summed E-state index contributed by atoms with van der Waals surface area (Å²) in [6, 6.07) is -0.385. The lowest BCUT2D eigenvalue weighted by Gasteiger charge is -2.29. The van der Waals surface area contributed by atoms with Crippen molar-refractivity contribution in [3.63, 3.8) is 0 Å². The number of carboxylic acids is 1. The Balaban J connectivity index is 1.91. The number of amides is 11. The molecule has 0 bridgehead atoms. The number of phenols is 1. The summed E-state index contributed by atoms with van der Waals surface area (Å²) in [4.78, 5) is 173. The summed E-state index contributed by atoms with van der Waals surface area (Å²) < 4.78 is 0. The van der Waals surface area contributed by atoms with Crippen LogP contribution in [0, 0.1) is 11.8 Å². The smallest absolute Gasteiger partial charge is 0.305 e. The standard InChI is InChI=1S/C56H82N12O16S/c1-6-31(4)47(56(84)62-37(18-19-44(57)72)50(78)66-42(27-46(74)75)53(81)67-43(29-70)55(83)61-38(20-22-85-5)49(77)60-34(28-69)23-30(2)3)68-54(82)40(24-32-11-8-7-9-12-32)64-52(80)41(26-45(58)73)65-51(79)39(25-33-14-16-35(71)17-15-33)63-48(76)36-13-10-21-59-36/h7-9,11-12,14-17,28,30-31,34,36-43,47,59,70-71H,6,10,13,18-27,29H2,1-5H3,(H2,57,72)(H2,58,73)(H,60,77)(H,61,83)(H,62,84)(H,63,76)(H,64,80)(H,65,79)(H,66,78)(H,67,81)(H,68,82)(H,74,75)/t31-,34-,36-,37-,38-,39-,40-,41-,42-,43-,47-/m0/s1. The number of carbonyl (C=O) groups is 13. The average molecular weight is 1210 g/mol. The maximum atomic E-state index is 14.5. The van der Waals surface area contributed by atoms with E-state index in [9.17, 15) is 77.6 Å². The third-order valence-corrected chi connectivity index (χ3v) is 14.4. The molecule has 1 fully saturated rings. The summed E-state index contributed by atoms with van der Waals surface area (Å²) >= 11 is 1.34. The molecule has 1 heterocycles. The highest BCUT2D eigenvalue weighted by Gasteiger charge is 2.38. The first kappa shape index (κ1) is 71.1. The molecule has 85 heavy (non-hydrogen) atoms. The minimum Gasteiger partial charge on any atom is -0.508 e. The zero-order chi connectivity index (χ0) is 63.3. The number of hydrogen-bond acceptors (Lipinski definition) is 17. The van der Waals surface area contributed by atoms with Gasteiger partial charge in [-0.05, 0) is 85.8 Å². The van der Waals surface area contributed by atoms with Gasteiger partial charge in [0.25, 0.3) is 0 Å². The molecular weight excluding hydrogens is 1130 g/mol. The molecule has 0 aliphatic carbocycles. The number of aliphatic hydroxyl groups is 1. The fraction of sp³-hybridized carbons (Fsp3) is 0.554. The molecule has 28 nitrogen and oxygen atoms in total. The number of nitrogens with one attached hydrogen (secondary N) is 10. The van der Waals surface area contributed by atoms with E-state index in [2.05, 4.69) is 53.2 Å². The number of aliphatic carboxylic acids is 1. The maximum Gasteiger partial charge on any atom is 0.305 e. The summed E-state index contributed by atoms with van der Waals surface area (Å²) in [5.74, 6) is -12.8. The van der Waals surface area contributed by atoms with Crippen LogP contribution in [0.1, 0.15) is 96.6 Å². The number of primary amides is 2. The summed E-state index contributed by atoms with van der Waals surface area (Å²) in [7, 11) is 0. The lowest BCUT2D eigenvalue weighted by atomic mass is 9.96. The molecule has 1 aliphatic rings. The van der Waals surface area contributed by atoms with Gasteiger partial charge in [-0.25, -0.2) is 0 Å².